The summed E-state index contributed by atoms with van der Waals surface area (Å²) >= 11 is 0. The molecule has 8 heteroatoms. The zero-order valence-electron chi connectivity index (χ0n) is 14.4. The molecule has 26 heavy (non-hydrogen) atoms. The van der Waals surface area contributed by atoms with E-state index in [1.807, 2.05) is 25.1 Å². The maximum absolute atomic E-state index is 12.9. The van der Waals surface area contributed by atoms with Gasteiger partial charge in [0.15, 0.2) is 0 Å². The first-order valence-corrected chi connectivity index (χ1v) is 9.41. The van der Waals surface area contributed by atoms with Crippen LogP contribution >= 0.6 is 0 Å². The molecule has 0 unspecified atom stereocenters. The van der Waals surface area contributed by atoms with Crippen LogP contribution in [-0.4, -0.2) is 33.6 Å². The van der Waals surface area contributed by atoms with Crippen LogP contribution in [-0.2, 0) is 19.6 Å². The van der Waals surface area contributed by atoms with Gasteiger partial charge in [-0.15, -0.1) is 0 Å². The van der Waals surface area contributed by atoms with Gasteiger partial charge in [-0.2, -0.15) is 4.72 Å². The summed E-state index contributed by atoms with van der Waals surface area (Å²) in [5, 5.41) is 0. The Labute approximate surface area is 152 Å². The number of para-hydroxylation sites is 1. The van der Waals surface area contributed by atoms with E-state index in [-0.39, 0.29) is 18.1 Å². The zero-order valence-corrected chi connectivity index (χ0v) is 15.3. The highest BCUT2D eigenvalue weighted by Crippen LogP contribution is 2.15. The van der Waals surface area contributed by atoms with Crippen LogP contribution in [0.1, 0.15) is 12.5 Å². The van der Waals surface area contributed by atoms with Crippen LogP contribution in [0.15, 0.2) is 53.4 Å². The number of halogens is 1. The molecule has 0 aromatic heterocycles. The Morgan fingerprint density at radius 3 is 2.42 bits per heavy atom. The lowest BCUT2D eigenvalue weighted by Crippen LogP contribution is -2.39. The third kappa shape index (κ3) is 5.53. The molecule has 140 valence electrons. The van der Waals surface area contributed by atoms with Gasteiger partial charge in [-0.05, 0) is 49.7 Å². The minimum absolute atomic E-state index is 0.0181. The van der Waals surface area contributed by atoms with Crippen molar-refractivity contribution in [2.24, 2.45) is 0 Å². The van der Waals surface area contributed by atoms with Crippen molar-refractivity contribution in [1.29, 1.82) is 0 Å². The van der Waals surface area contributed by atoms with Gasteiger partial charge in [0.2, 0.25) is 10.0 Å². The van der Waals surface area contributed by atoms with Crippen LogP contribution in [0.5, 0.6) is 5.75 Å². The second-order valence-electron chi connectivity index (χ2n) is 5.58. The summed E-state index contributed by atoms with van der Waals surface area (Å²) < 4.78 is 49.9. The number of hydrogen-bond donors (Lipinski definition) is 1. The fourth-order valence-electron chi connectivity index (χ4n) is 2.10. The summed E-state index contributed by atoms with van der Waals surface area (Å²) in [4.78, 5) is 11.8. The first-order chi connectivity index (χ1) is 12.3. The topological polar surface area (TPSA) is 81.7 Å². The predicted molar refractivity (Wildman–Crippen MR) is 93.8 cm³/mol. The van der Waals surface area contributed by atoms with Crippen LogP contribution < -0.4 is 9.46 Å². The molecule has 0 spiro atoms. The van der Waals surface area contributed by atoms with Crippen molar-refractivity contribution in [3.8, 4) is 5.75 Å². The average Bonchev–Trinajstić information content (AvgIpc) is 2.60. The third-order valence-corrected chi connectivity index (χ3v) is 5.04. The lowest BCUT2D eigenvalue weighted by Gasteiger charge is -2.14. The molecule has 0 saturated carbocycles. The fourth-order valence-corrected chi connectivity index (χ4v) is 3.29. The highest BCUT2D eigenvalue weighted by atomic mass is 32.2. The van der Waals surface area contributed by atoms with Crippen molar-refractivity contribution in [2.75, 3.05) is 13.2 Å². The van der Waals surface area contributed by atoms with E-state index in [0.29, 0.717) is 5.75 Å². The molecule has 2 rings (SSSR count). The molecule has 2 aromatic carbocycles. The van der Waals surface area contributed by atoms with Crippen LogP contribution in [0.25, 0.3) is 0 Å². The van der Waals surface area contributed by atoms with Crippen LogP contribution in [0.4, 0.5) is 4.39 Å². The van der Waals surface area contributed by atoms with Crippen molar-refractivity contribution in [3.05, 3.63) is 59.9 Å². The number of nitrogens with one attached hydrogen (secondary N) is 1. The Hall–Kier alpha value is -2.45. The van der Waals surface area contributed by atoms with Gasteiger partial charge in [0.05, 0.1) is 4.90 Å². The summed E-state index contributed by atoms with van der Waals surface area (Å²) in [6, 6.07) is 10.6. The summed E-state index contributed by atoms with van der Waals surface area (Å²) in [7, 11) is -3.95. The minimum Gasteiger partial charge on any atom is -0.490 e. The maximum atomic E-state index is 12.9. The summed E-state index contributed by atoms with van der Waals surface area (Å²) in [6.07, 6.45) is 0. The number of aryl methyl sites for hydroxylation is 1. The largest absolute Gasteiger partial charge is 0.490 e. The Bertz CT molecular complexity index is 852. The van der Waals surface area contributed by atoms with Crippen molar-refractivity contribution >= 4 is 16.0 Å². The molecule has 6 nitrogen and oxygen atoms in total. The number of sulfonamides is 1. The third-order valence-electron chi connectivity index (χ3n) is 3.49. The van der Waals surface area contributed by atoms with Crippen molar-refractivity contribution in [1.82, 2.24) is 4.72 Å². The van der Waals surface area contributed by atoms with E-state index in [1.165, 1.54) is 6.92 Å². The van der Waals surface area contributed by atoms with Gasteiger partial charge in [-0.25, -0.2) is 12.8 Å². The first kappa shape index (κ1) is 19.9. The predicted octanol–water partition coefficient (Wildman–Crippen LogP) is 2.42. The number of ether oxygens (including phenoxy) is 2. The first-order valence-electron chi connectivity index (χ1n) is 7.92. The van der Waals surface area contributed by atoms with Gasteiger partial charge in [-0.1, -0.05) is 18.2 Å². The van der Waals surface area contributed by atoms with Crippen molar-refractivity contribution in [2.45, 2.75) is 24.8 Å². The van der Waals surface area contributed by atoms with Crippen LogP contribution in [0.2, 0.25) is 0 Å². The molecule has 2 aromatic rings. The van der Waals surface area contributed by atoms with E-state index >= 15 is 0 Å². The molecular formula is C18H20FNO5S. The van der Waals surface area contributed by atoms with Crippen LogP contribution in [0, 0.1) is 12.7 Å². The molecule has 0 bridgehead atoms. The van der Waals surface area contributed by atoms with E-state index < -0.39 is 27.9 Å². The van der Waals surface area contributed by atoms with E-state index in [4.69, 9.17) is 9.47 Å². The Morgan fingerprint density at radius 2 is 1.77 bits per heavy atom. The SMILES string of the molecule is Cc1ccccc1OCCOC(=O)[C@H](C)NS(=O)(=O)c1ccc(F)cc1. The number of esters is 1. The average molecular weight is 381 g/mol. The Kier molecular flexibility index (Phi) is 6.70. The van der Waals surface area contributed by atoms with Gasteiger partial charge in [-0.3, -0.25) is 4.79 Å². The molecule has 0 saturated heterocycles. The normalized spacial score (nSPS) is 12.4. The maximum Gasteiger partial charge on any atom is 0.324 e. The number of carbonyl (C=O) groups is 1. The van der Waals surface area contributed by atoms with Gasteiger partial charge in [0.25, 0.3) is 0 Å². The van der Waals surface area contributed by atoms with Crippen LogP contribution in [0.3, 0.4) is 0 Å². The molecular weight excluding hydrogens is 361 g/mol. The van der Waals surface area contributed by atoms with Gasteiger partial charge < -0.3 is 9.47 Å². The highest BCUT2D eigenvalue weighted by Gasteiger charge is 2.23. The standard InChI is InChI=1S/C18H20FNO5S/c1-13-5-3-4-6-17(13)24-11-12-25-18(21)14(2)20-26(22,23)16-9-7-15(19)8-10-16/h3-10,14,20H,11-12H2,1-2H3/t14-/m0/s1. The number of carbonyl (C=O) groups excluding carboxylic acids is 1. The number of rotatable bonds is 8. The zero-order chi connectivity index (χ0) is 19.2. The molecule has 1 N–H and O–H groups in total. The molecule has 0 aliphatic carbocycles. The second-order valence-corrected chi connectivity index (χ2v) is 7.29. The van der Waals surface area contributed by atoms with Crippen molar-refractivity contribution in [3.63, 3.8) is 0 Å². The summed E-state index contributed by atoms with van der Waals surface area (Å²) in [5.74, 6) is -0.595. The molecule has 0 fully saturated rings. The quantitative estimate of drug-likeness (QED) is 0.561. The monoisotopic (exact) mass is 381 g/mol. The molecule has 0 aliphatic rings. The van der Waals surface area contributed by atoms with Gasteiger partial charge >= 0.3 is 5.97 Å². The van der Waals surface area contributed by atoms with E-state index in [0.717, 1.165) is 29.8 Å². The fraction of sp³-hybridized carbons (Fsp3) is 0.278. The van der Waals surface area contributed by atoms with E-state index in [9.17, 15) is 17.6 Å². The Morgan fingerprint density at radius 1 is 1.12 bits per heavy atom. The molecule has 0 heterocycles. The molecule has 0 aliphatic heterocycles. The minimum atomic E-state index is -3.95. The lowest BCUT2D eigenvalue weighted by molar-refractivity contribution is -0.145. The molecule has 0 amide bonds. The van der Waals surface area contributed by atoms with Crippen molar-refractivity contribution < 1.29 is 27.1 Å². The van der Waals surface area contributed by atoms with Gasteiger partial charge in [0, 0.05) is 0 Å². The molecule has 1 atom stereocenters. The molecule has 0 radical (unpaired) electrons. The second kappa shape index (κ2) is 8.77. The lowest BCUT2D eigenvalue weighted by atomic mass is 10.2. The smallest absolute Gasteiger partial charge is 0.324 e. The highest BCUT2D eigenvalue weighted by molar-refractivity contribution is 7.89. The van der Waals surface area contributed by atoms with E-state index in [2.05, 4.69) is 4.72 Å². The summed E-state index contributed by atoms with van der Waals surface area (Å²) in [5.41, 5.74) is 0.958. The summed E-state index contributed by atoms with van der Waals surface area (Å²) in [6.45, 7) is 3.39. The Balaban J connectivity index is 1.81. The van der Waals surface area contributed by atoms with Gasteiger partial charge in [0.1, 0.15) is 30.8 Å². The number of hydrogen-bond acceptors (Lipinski definition) is 5. The van der Waals surface area contributed by atoms with E-state index in [1.54, 1.807) is 6.07 Å². The number of benzene rings is 2.